The highest BCUT2D eigenvalue weighted by Crippen LogP contribution is 2.15. The van der Waals surface area contributed by atoms with Crippen LogP contribution in [-0.2, 0) is 17.6 Å². The highest BCUT2D eigenvalue weighted by molar-refractivity contribution is 5.28. The van der Waals surface area contributed by atoms with Crippen molar-refractivity contribution in [3.05, 3.63) is 35.4 Å². The minimum atomic E-state index is 0.274. The lowest BCUT2D eigenvalue weighted by Gasteiger charge is -2.23. The van der Waals surface area contributed by atoms with E-state index >= 15 is 0 Å². The molecule has 0 bridgehead atoms. The van der Waals surface area contributed by atoms with E-state index in [0.29, 0.717) is 0 Å². The molecule has 1 aliphatic rings. The van der Waals surface area contributed by atoms with Crippen LogP contribution in [0.2, 0.25) is 0 Å². The maximum Gasteiger partial charge on any atom is 0.0462 e. The molecule has 3 heteroatoms. The molecule has 1 atom stereocenters. The molecule has 0 radical (unpaired) electrons. The van der Waals surface area contributed by atoms with Gasteiger partial charge in [0, 0.05) is 39.4 Å². The van der Waals surface area contributed by atoms with Crippen molar-refractivity contribution in [2.24, 2.45) is 5.73 Å². The van der Waals surface area contributed by atoms with Gasteiger partial charge in [-0.3, -0.25) is 0 Å². The van der Waals surface area contributed by atoms with Crippen molar-refractivity contribution in [1.82, 2.24) is 4.90 Å². The van der Waals surface area contributed by atoms with Gasteiger partial charge in [0.1, 0.15) is 0 Å². The molecule has 0 amide bonds. The Hall–Kier alpha value is -0.900. The molecule has 0 fully saturated rings. The Kier molecular flexibility index (Phi) is 5.83. The van der Waals surface area contributed by atoms with Crippen molar-refractivity contribution in [2.45, 2.75) is 31.7 Å². The minimum Gasteiger partial charge on any atom is -0.385 e. The maximum atomic E-state index is 6.20. The van der Waals surface area contributed by atoms with Gasteiger partial charge in [-0.25, -0.2) is 0 Å². The summed E-state index contributed by atoms with van der Waals surface area (Å²) in [5.74, 6) is 0. The Labute approximate surface area is 116 Å². The quantitative estimate of drug-likeness (QED) is 0.795. The first-order valence-corrected chi connectivity index (χ1v) is 7.33. The summed E-state index contributed by atoms with van der Waals surface area (Å²) in [5.41, 5.74) is 9.23. The average Bonchev–Trinajstić information content (AvgIpc) is 2.62. The summed E-state index contributed by atoms with van der Waals surface area (Å²) in [6.07, 6.45) is 4.42. The second-order valence-corrected chi connectivity index (χ2v) is 5.46. The number of nitrogens with zero attached hydrogens (tertiary/aromatic N) is 1. The number of hydrogen-bond donors (Lipinski definition) is 1. The third-order valence-electron chi connectivity index (χ3n) is 3.93. The number of rotatable bonds is 6. The molecular weight excluding hydrogens is 236 g/mol. The number of hydrogen-bond acceptors (Lipinski definition) is 3. The fourth-order valence-electron chi connectivity index (χ4n) is 2.81. The predicted octanol–water partition coefficient (Wildman–Crippen LogP) is 1.84. The zero-order valence-corrected chi connectivity index (χ0v) is 12.0. The molecule has 19 heavy (non-hydrogen) atoms. The molecule has 0 saturated heterocycles. The molecule has 1 heterocycles. The van der Waals surface area contributed by atoms with Crippen molar-refractivity contribution in [3.63, 3.8) is 0 Å². The number of methoxy groups -OCH3 is 1. The van der Waals surface area contributed by atoms with Gasteiger partial charge in [-0.15, -0.1) is 0 Å². The van der Waals surface area contributed by atoms with Crippen molar-refractivity contribution in [3.8, 4) is 0 Å². The fraction of sp³-hybridized carbons (Fsp3) is 0.625. The van der Waals surface area contributed by atoms with Gasteiger partial charge in [0.2, 0.25) is 0 Å². The molecule has 0 aromatic heterocycles. The molecule has 1 aromatic carbocycles. The van der Waals surface area contributed by atoms with Crippen LogP contribution in [0, 0.1) is 0 Å². The molecule has 3 nitrogen and oxygen atoms in total. The largest absolute Gasteiger partial charge is 0.385 e. The summed E-state index contributed by atoms with van der Waals surface area (Å²) in [7, 11) is 1.75. The lowest BCUT2D eigenvalue weighted by molar-refractivity contribution is 0.185. The first-order chi connectivity index (χ1) is 9.29. The molecule has 2 rings (SSSR count). The molecule has 0 spiro atoms. The van der Waals surface area contributed by atoms with E-state index in [1.807, 2.05) is 0 Å². The van der Waals surface area contributed by atoms with E-state index in [0.717, 1.165) is 51.9 Å². The van der Waals surface area contributed by atoms with Crippen LogP contribution < -0.4 is 5.73 Å². The van der Waals surface area contributed by atoms with E-state index in [2.05, 4.69) is 29.2 Å². The van der Waals surface area contributed by atoms with E-state index in [9.17, 15) is 0 Å². The standard InChI is InChI=1S/C16H26N2O/c1-19-12-4-7-16(17)13-18-10-8-14-5-2-3-6-15(14)9-11-18/h2-3,5-6,16H,4,7-13,17H2,1H3. The van der Waals surface area contributed by atoms with Gasteiger partial charge >= 0.3 is 0 Å². The third kappa shape index (κ3) is 4.60. The highest BCUT2D eigenvalue weighted by Gasteiger charge is 2.15. The van der Waals surface area contributed by atoms with Gasteiger partial charge in [-0.2, -0.15) is 0 Å². The van der Waals surface area contributed by atoms with E-state index < -0.39 is 0 Å². The first-order valence-electron chi connectivity index (χ1n) is 7.33. The van der Waals surface area contributed by atoms with Crippen molar-refractivity contribution in [2.75, 3.05) is 33.4 Å². The fourth-order valence-corrected chi connectivity index (χ4v) is 2.81. The lowest BCUT2D eigenvalue weighted by Crippen LogP contribution is -2.39. The van der Waals surface area contributed by atoms with Crippen LogP contribution in [0.4, 0.5) is 0 Å². The van der Waals surface area contributed by atoms with Crippen LogP contribution in [0.25, 0.3) is 0 Å². The van der Waals surface area contributed by atoms with E-state index in [4.69, 9.17) is 10.5 Å². The molecule has 1 unspecified atom stereocenters. The Morgan fingerprint density at radius 1 is 1.21 bits per heavy atom. The predicted molar refractivity (Wildman–Crippen MR) is 79.4 cm³/mol. The van der Waals surface area contributed by atoms with Gasteiger partial charge < -0.3 is 15.4 Å². The van der Waals surface area contributed by atoms with Gasteiger partial charge in [0.25, 0.3) is 0 Å². The maximum absolute atomic E-state index is 6.20. The Morgan fingerprint density at radius 2 is 1.84 bits per heavy atom. The smallest absolute Gasteiger partial charge is 0.0462 e. The van der Waals surface area contributed by atoms with Gasteiger partial charge in [0.15, 0.2) is 0 Å². The van der Waals surface area contributed by atoms with Crippen LogP contribution in [0.5, 0.6) is 0 Å². The van der Waals surface area contributed by atoms with Crippen LogP contribution in [0.1, 0.15) is 24.0 Å². The highest BCUT2D eigenvalue weighted by atomic mass is 16.5. The van der Waals surface area contributed by atoms with E-state index in [1.54, 1.807) is 7.11 Å². The zero-order chi connectivity index (χ0) is 13.5. The second-order valence-electron chi connectivity index (χ2n) is 5.46. The van der Waals surface area contributed by atoms with Gasteiger partial charge in [-0.05, 0) is 36.8 Å². The Morgan fingerprint density at radius 3 is 2.42 bits per heavy atom. The molecule has 106 valence electrons. The zero-order valence-electron chi connectivity index (χ0n) is 12.0. The summed E-state index contributed by atoms with van der Waals surface area (Å²) < 4.78 is 5.08. The lowest BCUT2D eigenvalue weighted by atomic mass is 10.0. The topological polar surface area (TPSA) is 38.5 Å². The van der Waals surface area contributed by atoms with Crippen LogP contribution in [0.15, 0.2) is 24.3 Å². The molecule has 0 saturated carbocycles. The first kappa shape index (κ1) is 14.5. The summed E-state index contributed by atoms with van der Waals surface area (Å²) in [4.78, 5) is 2.51. The normalized spacial score (nSPS) is 17.8. The average molecular weight is 262 g/mol. The van der Waals surface area contributed by atoms with E-state index in [-0.39, 0.29) is 6.04 Å². The monoisotopic (exact) mass is 262 g/mol. The molecule has 0 aliphatic carbocycles. The number of ether oxygens (including phenoxy) is 1. The van der Waals surface area contributed by atoms with Gasteiger partial charge in [0.05, 0.1) is 0 Å². The van der Waals surface area contributed by atoms with Crippen LogP contribution in [0.3, 0.4) is 0 Å². The van der Waals surface area contributed by atoms with Crippen molar-refractivity contribution < 1.29 is 4.74 Å². The van der Waals surface area contributed by atoms with Crippen LogP contribution >= 0.6 is 0 Å². The summed E-state index contributed by atoms with van der Waals surface area (Å²) in [6, 6.07) is 9.08. The van der Waals surface area contributed by atoms with Crippen LogP contribution in [-0.4, -0.2) is 44.3 Å². The molecule has 2 N–H and O–H groups in total. The number of nitrogens with two attached hydrogens (primary N) is 1. The minimum absolute atomic E-state index is 0.274. The molecular formula is C16H26N2O. The summed E-state index contributed by atoms with van der Waals surface area (Å²) >= 11 is 0. The summed E-state index contributed by atoms with van der Waals surface area (Å²) in [6.45, 7) is 4.10. The van der Waals surface area contributed by atoms with E-state index in [1.165, 1.54) is 11.1 Å². The van der Waals surface area contributed by atoms with Crippen molar-refractivity contribution >= 4 is 0 Å². The Bertz CT molecular complexity index is 354. The van der Waals surface area contributed by atoms with Crippen molar-refractivity contribution in [1.29, 1.82) is 0 Å². The Balaban J connectivity index is 1.78. The molecule has 1 aromatic rings. The number of benzene rings is 1. The van der Waals surface area contributed by atoms with Gasteiger partial charge in [-0.1, -0.05) is 24.3 Å². The second kappa shape index (κ2) is 7.63. The summed E-state index contributed by atoms with van der Waals surface area (Å²) in [5, 5.41) is 0. The SMILES string of the molecule is COCCCC(N)CN1CCc2ccccc2CC1. The molecule has 1 aliphatic heterocycles. The third-order valence-corrected chi connectivity index (χ3v) is 3.93. The number of fused-ring (bicyclic) bond motifs is 1.